The molecule has 0 radical (unpaired) electrons. The second-order valence-corrected chi connectivity index (χ2v) is 4.68. The fourth-order valence-corrected chi connectivity index (χ4v) is 1.64. The van der Waals surface area contributed by atoms with Crippen molar-refractivity contribution in [3.8, 4) is 0 Å². The van der Waals surface area contributed by atoms with E-state index >= 15 is 0 Å². The molecular weight excluding hydrogens is 212 g/mol. The first kappa shape index (κ1) is 12.4. The molecule has 1 aliphatic rings. The van der Waals surface area contributed by atoms with Crippen LogP contribution in [0.1, 0.15) is 27.2 Å². The summed E-state index contributed by atoms with van der Waals surface area (Å²) in [5, 5.41) is 2.72. The standard InChI is InChI=1S/C10H18N2O2S/c1-4-10(3)8(13)12(9(14)11-10)5-7(2)6-15/h7,15H,4-6H2,1-3H3,(H,11,14). The normalized spacial score (nSPS) is 28.1. The number of hydrogen-bond donors (Lipinski definition) is 2. The van der Waals surface area contributed by atoms with Crippen molar-refractivity contribution in [3.63, 3.8) is 0 Å². The molecule has 0 aromatic rings. The van der Waals surface area contributed by atoms with Crippen molar-refractivity contribution >= 4 is 24.6 Å². The van der Waals surface area contributed by atoms with E-state index in [1.807, 2.05) is 13.8 Å². The Morgan fingerprint density at radius 2 is 2.13 bits per heavy atom. The van der Waals surface area contributed by atoms with Crippen LogP contribution >= 0.6 is 12.6 Å². The fourth-order valence-electron chi connectivity index (χ4n) is 1.52. The predicted octanol–water partition coefficient (Wildman–Crippen LogP) is 1.27. The average molecular weight is 230 g/mol. The third-order valence-corrected chi connectivity index (χ3v) is 3.48. The van der Waals surface area contributed by atoms with E-state index in [-0.39, 0.29) is 17.9 Å². The Hall–Kier alpha value is -0.710. The number of thiol groups is 1. The van der Waals surface area contributed by atoms with E-state index in [4.69, 9.17) is 0 Å². The molecule has 0 saturated carbocycles. The van der Waals surface area contributed by atoms with Gasteiger partial charge in [0.25, 0.3) is 5.91 Å². The van der Waals surface area contributed by atoms with Crippen LogP contribution in [0.5, 0.6) is 0 Å². The molecule has 4 nitrogen and oxygen atoms in total. The lowest BCUT2D eigenvalue weighted by Gasteiger charge is -2.20. The van der Waals surface area contributed by atoms with Crippen LogP contribution in [-0.4, -0.2) is 34.7 Å². The third kappa shape index (κ3) is 2.27. The number of nitrogens with one attached hydrogen (secondary N) is 1. The van der Waals surface area contributed by atoms with Gasteiger partial charge in [0, 0.05) is 6.54 Å². The van der Waals surface area contributed by atoms with Crippen LogP contribution in [-0.2, 0) is 4.79 Å². The molecule has 0 spiro atoms. The maximum atomic E-state index is 11.9. The molecular formula is C10H18N2O2S. The molecule has 1 N–H and O–H groups in total. The van der Waals surface area contributed by atoms with E-state index in [9.17, 15) is 9.59 Å². The summed E-state index contributed by atoms with van der Waals surface area (Å²) in [6, 6.07) is -0.280. The molecule has 1 heterocycles. The summed E-state index contributed by atoms with van der Waals surface area (Å²) in [5.74, 6) is 0.769. The number of hydrogen-bond acceptors (Lipinski definition) is 3. The number of amides is 3. The Balaban J connectivity index is 2.76. The minimum Gasteiger partial charge on any atom is -0.323 e. The van der Waals surface area contributed by atoms with Crippen LogP contribution in [0.2, 0.25) is 0 Å². The smallest absolute Gasteiger partial charge is 0.323 e. The van der Waals surface area contributed by atoms with Gasteiger partial charge in [0.05, 0.1) is 0 Å². The van der Waals surface area contributed by atoms with Crippen LogP contribution in [0.25, 0.3) is 0 Å². The Bertz CT molecular complexity index is 283. The molecule has 1 aliphatic heterocycles. The minimum atomic E-state index is -0.715. The highest BCUT2D eigenvalue weighted by atomic mass is 32.1. The summed E-state index contributed by atoms with van der Waals surface area (Å²) in [4.78, 5) is 24.8. The number of carbonyl (C=O) groups excluding carboxylic acids is 2. The highest BCUT2D eigenvalue weighted by molar-refractivity contribution is 7.80. The Morgan fingerprint density at radius 3 is 2.53 bits per heavy atom. The van der Waals surface area contributed by atoms with Gasteiger partial charge in [-0.1, -0.05) is 13.8 Å². The van der Waals surface area contributed by atoms with Gasteiger partial charge in [-0.15, -0.1) is 0 Å². The average Bonchev–Trinajstić information content (AvgIpc) is 2.42. The molecule has 0 aliphatic carbocycles. The molecule has 1 saturated heterocycles. The van der Waals surface area contributed by atoms with Gasteiger partial charge in [-0.25, -0.2) is 4.79 Å². The van der Waals surface area contributed by atoms with Crippen LogP contribution in [0, 0.1) is 5.92 Å². The van der Waals surface area contributed by atoms with Gasteiger partial charge in [-0.2, -0.15) is 12.6 Å². The van der Waals surface area contributed by atoms with E-state index in [2.05, 4.69) is 17.9 Å². The first-order valence-corrected chi connectivity index (χ1v) is 5.82. The summed E-state index contributed by atoms with van der Waals surface area (Å²) < 4.78 is 0. The molecule has 3 amide bonds. The zero-order valence-corrected chi connectivity index (χ0v) is 10.3. The van der Waals surface area contributed by atoms with Gasteiger partial charge < -0.3 is 5.32 Å². The van der Waals surface area contributed by atoms with Gasteiger partial charge in [0.15, 0.2) is 0 Å². The third-order valence-electron chi connectivity index (χ3n) is 2.86. The highest BCUT2D eigenvalue weighted by Crippen LogP contribution is 2.21. The van der Waals surface area contributed by atoms with E-state index < -0.39 is 5.54 Å². The number of imide groups is 1. The minimum absolute atomic E-state index is 0.122. The Kier molecular flexibility index (Phi) is 3.65. The monoisotopic (exact) mass is 230 g/mol. The number of carbonyl (C=O) groups is 2. The van der Waals surface area contributed by atoms with Crippen molar-refractivity contribution in [2.75, 3.05) is 12.3 Å². The van der Waals surface area contributed by atoms with Crippen LogP contribution < -0.4 is 5.32 Å². The summed E-state index contributed by atoms with van der Waals surface area (Å²) in [5.41, 5.74) is -0.715. The van der Waals surface area contributed by atoms with Crippen LogP contribution in [0.4, 0.5) is 4.79 Å². The zero-order valence-electron chi connectivity index (χ0n) is 9.41. The van der Waals surface area contributed by atoms with Crippen molar-refractivity contribution in [3.05, 3.63) is 0 Å². The quantitative estimate of drug-likeness (QED) is 0.564. The second kappa shape index (κ2) is 4.43. The maximum Gasteiger partial charge on any atom is 0.325 e. The largest absolute Gasteiger partial charge is 0.325 e. The van der Waals surface area contributed by atoms with Crippen molar-refractivity contribution < 1.29 is 9.59 Å². The zero-order chi connectivity index (χ0) is 11.6. The molecule has 86 valence electrons. The van der Waals surface area contributed by atoms with Crippen LogP contribution in [0.15, 0.2) is 0 Å². The van der Waals surface area contributed by atoms with Gasteiger partial charge >= 0.3 is 6.03 Å². The van der Waals surface area contributed by atoms with Gasteiger partial charge in [-0.05, 0) is 25.0 Å². The second-order valence-electron chi connectivity index (χ2n) is 4.32. The number of urea groups is 1. The summed E-state index contributed by atoms with van der Waals surface area (Å²) in [6.07, 6.45) is 0.614. The summed E-state index contributed by atoms with van der Waals surface area (Å²) in [7, 11) is 0. The molecule has 15 heavy (non-hydrogen) atoms. The van der Waals surface area contributed by atoms with Crippen molar-refractivity contribution in [1.82, 2.24) is 10.2 Å². The predicted molar refractivity (Wildman–Crippen MR) is 62.0 cm³/mol. The molecule has 1 rings (SSSR count). The first-order chi connectivity index (χ1) is 6.94. The van der Waals surface area contributed by atoms with Gasteiger partial charge in [0.2, 0.25) is 0 Å². The molecule has 5 heteroatoms. The molecule has 0 aromatic heterocycles. The van der Waals surface area contributed by atoms with Crippen molar-refractivity contribution in [2.45, 2.75) is 32.7 Å². The van der Waals surface area contributed by atoms with E-state index in [1.54, 1.807) is 6.92 Å². The lowest BCUT2D eigenvalue weighted by Crippen LogP contribution is -2.43. The molecule has 0 aromatic carbocycles. The molecule has 2 atom stereocenters. The Labute approximate surface area is 95.8 Å². The topological polar surface area (TPSA) is 49.4 Å². The lowest BCUT2D eigenvalue weighted by molar-refractivity contribution is -0.131. The van der Waals surface area contributed by atoms with E-state index in [0.29, 0.717) is 18.7 Å². The van der Waals surface area contributed by atoms with Gasteiger partial charge in [0.1, 0.15) is 5.54 Å². The van der Waals surface area contributed by atoms with E-state index in [0.717, 1.165) is 0 Å². The highest BCUT2D eigenvalue weighted by Gasteiger charge is 2.46. The number of rotatable bonds is 4. The van der Waals surface area contributed by atoms with Crippen molar-refractivity contribution in [1.29, 1.82) is 0 Å². The van der Waals surface area contributed by atoms with Crippen molar-refractivity contribution in [2.24, 2.45) is 5.92 Å². The summed E-state index contributed by atoms with van der Waals surface area (Å²) in [6.45, 7) is 6.07. The fraction of sp³-hybridized carbons (Fsp3) is 0.800. The molecule has 0 bridgehead atoms. The summed E-state index contributed by atoms with van der Waals surface area (Å²) >= 11 is 4.14. The SMILES string of the molecule is CCC1(C)NC(=O)N(CC(C)CS)C1=O. The Morgan fingerprint density at radius 1 is 1.53 bits per heavy atom. The molecule has 2 unspecified atom stereocenters. The van der Waals surface area contributed by atoms with Gasteiger partial charge in [-0.3, -0.25) is 9.69 Å². The lowest BCUT2D eigenvalue weighted by atomic mass is 9.99. The maximum absolute atomic E-state index is 11.9. The van der Waals surface area contributed by atoms with E-state index in [1.165, 1.54) is 4.90 Å². The molecule has 1 fully saturated rings. The number of nitrogens with zero attached hydrogens (tertiary/aromatic N) is 1. The van der Waals surface area contributed by atoms with Crippen LogP contribution in [0.3, 0.4) is 0 Å². The first-order valence-electron chi connectivity index (χ1n) is 5.19.